The van der Waals surface area contributed by atoms with Gasteiger partial charge in [-0.05, 0) is 36.2 Å². The van der Waals surface area contributed by atoms with Crippen molar-refractivity contribution in [2.75, 3.05) is 12.4 Å². The SMILES string of the molecule is CCSOc1ccc(C[C@H](N)COc2cccc(C(=N)N)c2)cc1. The molecular formula is C18H23N3O2S. The molecule has 0 radical (unpaired) electrons. The van der Waals surface area contributed by atoms with E-state index in [0.29, 0.717) is 24.3 Å². The Kier molecular flexibility index (Phi) is 6.96. The summed E-state index contributed by atoms with van der Waals surface area (Å²) < 4.78 is 11.2. The predicted octanol–water partition coefficient (Wildman–Crippen LogP) is 2.97. The van der Waals surface area contributed by atoms with E-state index < -0.39 is 0 Å². The van der Waals surface area contributed by atoms with Crippen LogP contribution in [0.5, 0.6) is 11.5 Å². The molecule has 24 heavy (non-hydrogen) atoms. The van der Waals surface area contributed by atoms with Crippen molar-refractivity contribution in [2.24, 2.45) is 11.5 Å². The number of benzene rings is 2. The summed E-state index contributed by atoms with van der Waals surface area (Å²) in [5.74, 6) is 2.44. The molecule has 0 fully saturated rings. The first kappa shape index (κ1) is 18.2. The fraction of sp³-hybridized carbons (Fsp3) is 0.278. The third-order valence-electron chi connectivity index (χ3n) is 3.30. The summed E-state index contributed by atoms with van der Waals surface area (Å²) in [6.45, 7) is 2.44. The van der Waals surface area contributed by atoms with Crippen LogP contribution in [0.1, 0.15) is 18.1 Å². The maximum absolute atomic E-state index is 7.44. The summed E-state index contributed by atoms with van der Waals surface area (Å²) >= 11 is 1.42. The van der Waals surface area contributed by atoms with Gasteiger partial charge < -0.3 is 20.4 Å². The Labute approximate surface area is 147 Å². The largest absolute Gasteiger partial charge is 0.492 e. The summed E-state index contributed by atoms with van der Waals surface area (Å²) in [5, 5.41) is 7.44. The van der Waals surface area contributed by atoms with E-state index in [1.54, 1.807) is 12.1 Å². The van der Waals surface area contributed by atoms with Crippen LogP contribution in [0.15, 0.2) is 48.5 Å². The van der Waals surface area contributed by atoms with Crippen LogP contribution in [0.25, 0.3) is 0 Å². The number of ether oxygens (including phenoxy) is 1. The number of amidine groups is 1. The zero-order valence-corrected chi connectivity index (χ0v) is 14.5. The lowest BCUT2D eigenvalue weighted by molar-refractivity contribution is 0.287. The second-order valence-electron chi connectivity index (χ2n) is 5.35. The highest BCUT2D eigenvalue weighted by atomic mass is 32.2. The lowest BCUT2D eigenvalue weighted by Crippen LogP contribution is -2.30. The molecule has 0 heterocycles. The van der Waals surface area contributed by atoms with E-state index in [1.807, 2.05) is 43.3 Å². The molecule has 0 bridgehead atoms. The number of hydrogen-bond acceptors (Lipinski definition) is 5. The molecule has 2 aromatic carbocycles. The Bertz CT molecular complexity index is 662. The van der Waals surface area contributed by atoms with Gasteiger partial charge in [0.15, 0.2) is 0 Å². The van der Waals surface area contributed by atoms with Gasteiger partial charge in [0.2, 0.25) is 0 Å². The van der Waals surface area contributed by atoms with Gasteiger partial charge in [-0.3, -0.25) is 5.41 Å². The molecule has 6 heteroatoms. The monoisotopic (exact) mass is 345 g/mol. The number of nitrogens with one attached hydrogen (secondary N) is 1. The molecule has 0 aliphatic rings. The van der Waals surface area contributed by atoms with E-state index >= 15 is 0 Å². The first-order chi connectivity index (χ1) is 11.6. The quantitative estimate of drug-likeness (QED) is 0.369. The summed E-state index contributed by atoms with van der Waals surface area (Å²) in [7, 11) is 0. The van der Waals surface area contributed by atoms with E-state index in [2.05, 4.69) is 0 Å². The van der Waals surface area contributed by atoms with Crippen molar-refractivity contribution in [3.63, 3.8) is 0 Å². The molecule has 0 saturated carbocycles. The molecule has 2 rings (SSSR count). The van der Waals surface area contributed by atoms with E-state index in [1.165, 1.54) is 12.0 Å². The third-order valence-corrected chi connectivity index (χ3v) is 3.85. The van der Waals surface area contributed by atoms with Gasteiger partial charge in [0.1, 0.15) is 23.9 Å². The Morgan fingerprint density at radius 3 is 2.58 bits per heavy atom. The summed E-state index contributed by atoms with van der Waals surface area (Å²) in [4.78, 5) is 0. The van der Waals surface area contributed by atoms with Crippen molar-refractivity contribution in [3.05, 3.63) is 59.7 Å². The minimum Gasteiger partial charge on any atom is -0.492 e. The van der Waals surface area contributed by atoms with Crippen LogP contribution >= 0.6 is 12.0 Å². The van der Waals surface area contributed by atoms with Gasteiger partial charge in [0.05, 0.1) is 12.0 Å². The average molecular weight is 345 g/mol. The molecule has 5 nitrogen and oxygen atoms in total. The Morgan fingerprint density at radius 1 is 1.17 bits per heavy atom. The molecule has 1 atom stereocenters. The first-order valence-corrected chi connectivity index (χ1v) is 8.70. The van der Waals surface area contributed by atoms with Gasteiger partial charge in [0.25, 0.3) is 0 Å². The van der Waals surface area contributed by atoms with Crippen molar-refractivity contribution in [1.82, 2.24) is 0 Å². The van der Waals surface area contributed by atoms with Crippen LogP contribution in [0, 0.1) is 5.41 Å². The van der Waals surface area contributed by atoms with E-state index in [4.69, 9.17) is 25.8 Å². The molecule has 0 aromatic heterocycles. The van der Waals surface area contributed by atoms with Crippen LogP contribution in [-0.4, -0.2) is 24.2 Å². The van der Waals surface area contributed by atoms with Gasteiger partial charge >= 0.3 is 0 Å². The molecule has 0 aliphatic heterocycles. The lowest BCUT2D eigenvalue weighted by atomic mass is 10.1. The van der Waals surface area contributed by atoms with E-state index in [9.17, 15) is 0 Å². The Morgan fingerprint density at radius 2 is 1.92 bits per heavy atom. The zero-order valence-electron chi connectivity index (χ0n) is 13.7. The third kappa shape index (κ3) is 5.79. The smallest absolute Gasteiger partial charge is 0.137 e. The Balaban J connectivity index is 1.83. The Hall–Kier alpha value is -2.18. The van der Waals surface area contributed by atoms with Gasteiger partial charge in [-0.2, -0.15) is 0 Å². The van der Waals surface area contributed by atoms with E-state index in [-0.39, 0.29) is 11.9 Å². The molecule has 0 spiro atoms. The fourth-order valence-corrected chi connectivity index (χ4v) is 2.49. The first-order valence-electron chi connectivity index (χ1n) is 7.79. The molecular weight excluding hydrogens is 322 g/mol. The number of hydrogen-bond donors (Lipinski definition) is 3. The summed E-state index contributed by atoms with van der Waals surface area (Å²) in [6, 6.07) is 15.0. The normalized spacial score (nSPS) is 11.8. The van der Waals surface area contributed by atoms with Crippen molar-refractivity contribution in [1.29, 1.82) is 5.41 Å². The van der Waals surface area contributed by atoms with Gasteiger partial charge in [-0.1, -0.05) is 31.2 Å². The topological polar surface area (TPSA) is 94.4 Å². The van der Waals surface area contributed by atoms with Gasteiger partial charge in [0, 0.05) is 17.4 Å². The average Bonchev–Trinajstić information content (AvgIpc) is 2.59. The predicted molar refractivity (Wildman–Crippen MR) is 99.8 cm³/mol. The second kappa shape index (κ2) is 9.20. The fourth-order valence-electron chi connectivity index (χ4n) is 2.13. The van der Waals surface area contributed by atoms with Crippen LogP contribution in [-0.2, 0) is 6.42 Å². The molecule has 0 amide bonds. The standard InChI is InChI=1S/C18H23N3O2S/c1-2-24-23-16-8-6-13(7-9-16)10-15(19)12-22-17-5-3-4-14(11-17)18(20)21/h3-9,11,15H,2,10,12,19H2,1H3,(H3,20,21)/t15-/m0/s1. The maximum Gasteiger partial charge on any atom is 0.137 e. The zero-order chi connectivity index (χ0) is 17.4. The summed E-state index contributed by atoms with van der Waals surface area (Å²) in [6.07, 6.45) is 0.716. The van der Waals surface area contributed by atoms with Crippen LogP contribution < -0.4 is 20.4 Å². The summed E-state index contributed by atoms with van der Waals surface area (Å²) in [5.41, 5.74) is 13.4. The van der Waals surface area contributed by atoms with Crippen molar-refractivity contribution in [2.45, 2.75) is 19.4 Å². The highest BCUT2D eigenvalue weighted by Gasteiger charge is 2.07. The van der Waals surface area contributed by atoms with Gasteiger partial charge in [-0.15, -0.1) is 0 Å². The maximum atomic E-state index is 7.44. The molecule has 2 aromatic rings. The second-order valence-corrected chi connectivity index (χ2v) is 6.33. The molecule has 0 aliphatic carbocycles. The number of nitrogen functional groups attached to an aromatic ring is 1. The minimum absolute atomic E-state index is 0.0216. The van der Waals surface area contributed by atoms with Crippen LogP contribution in [0.2, 0.25) is 0 Å². The van der Waals surface area contributed by atoms with Crippen LogP contribution in [0.4, 0.5) is 0 Å². The van der Waals surface area contributed by atoms with Gasteiger partial charge in [-0.25, -0.2) is 0 Å². The highest BCUT2D eigenvalue weighted by Crippen LogP contribution is 2.18. The molecule has 0 unspecified atom stereocenters. The molecule has 128 valence electrons. The van der Waals surface area contributed by atoms with Crippen LogP contribution in [0.3, 0.4) is 0 Å². The van der Waals surface area contributed by atoms with Crippen molar-refractivity contribution >= 4 is 17.9 Å². The number of nitrogens with two attached hydrogens (primary N) is 2. The molecule has 0 saturated heterocycles. The molecule has 5 N–H and O–H groups in total. The number of rotatable bonds is 9. The van der Waals surface area contributed by atoms with E-state index in [0.717, 1.165) is 17.1 Å². The highest BCUT2D eigenvalue weighted by molar-refractivity contribution is 7.94. The lowest BCUT2D eigenvalue weighted by Gasteiger charge is -2.14. The van der Waals surface area contributed by atoms with Crippen molar-refractivity contribution in [3.8, 4) is 11.5 Å². The minimum atomic E-state index is -0.122. The van der Waals surface area contributed by atoms with Crippen molar-refractivity contribution < 1.29 is 8.92 Å².